The van der Waals surface area contributed by atoms with E-state index in [9.17, 15) is 9.59 Å². The largest absolute Gasteiger partial charge is 0.488 e. The van der Waals surface area contributed by atoms with E-state index in [2.05, 4.69) is 9.97 Å². The number of aromatic amines is 1. The molecule has 1 aliphatic carbocycles. The first-order valence-electron chi connectivity index (χ1n) is 8.51. The summed E-state index contributed by atoms with van der Waals surface area (Å²) in [6.45, 7) is 2.78. The lowest BCUT2D eigenvalue weighted by molar-refractivity contribution is 0.313. The maximum Gasteiger partial charge on any atom is 0.262 e. The number of hydrogen-bond acceptors (Lipinski definition) is 5. The topological polar surface area (TPSA) is 77.0 Å². The first-order valence-corrected chi connectivity index (χ1v) is 9.33. The fourth-order valence-electron chi connectivity index (χ4n) is 3.23. The Morgan fingerprint density at radius 3 is 3.04 bits per heavy atom. The standard InChI is InChI=1S/C18H19N3O3S/c1-2-6-24-14-8-19-11(7-13(14)22)9-21-10-20-17-16(18(21)23)12-4-3-5-15(12)25-17/h7-8,10H,2-6,9H2,1H3,(H,19,22). The summed E-state index contributed by atoms with van der Waals surface area (Å²) in [4.78, 5) is 34.6. The number of pyridine rings is 1. The van der Waals surface area contributed by atoms with Gasteiger partial charge < -0.3 is 9.72 Å². The van der Waals surface area contributed by atoms with Gasteiger partial charge >= 0.3 is 0 Å². The van der Waals surface area contributed by atoms with E-state index in [-0.39, 0.29) is 17.5 Å². The van der Waals surface area contributed by atoms with Crippen LogP contribution in [0.1, 0.15) is 35.9 Å². The number of thiophene rings is 1. The van der Waals surface area contributed by atoms with Crippen LogP contribution < -0.4 is 15.7 Å². The molecule has 130 valence electrons. The van der Waals surface area contributed by atoms with E-state index in [1.807, 2.05) is 6.92 Å². The average Bonchev–Trinajstić information content (AvgIpc) is 3.17. The van der Waals surface area contributed by atoms with E-state index < -0.39 is 0 Å². The Bertz CT molecular complexity index is 1050. The van der Waals surface area contributed by atoms with Gasteiger partial charge in [0.05, 0.1) is 24.9 Å². The van der Waals surface area contributed by atoms with Gasteiger partial charge in [-0.25, -0.2) is 4.98 Å². The molecule has 0 bridgehead atoms. The van der Waals surface area contributed by atoms with Crippen LogP contribution >= 0.6 is 11.3 Å². The van der Waals surface area contributed by atoms with Gasteiger partial charge in [0, 0.05) is 22.8 Å². The van der Waals surface area contributed by atoms with Crippen LogP contribution in [0.25, 0.3) is 10.2 Å². The highest BCUT2D eigenvalue weighted by atomic mass is 32.1. The second-order valence-corrected chi connectivity index (χ2v) is 7.33. The molecule has 0 fully saturated rings. The monoisotopic (exact) mass is 357 g/mol. The fourth-order valence-corrected chi connectivity index (χ4v) is 4.45. The van der Waals surface area contributed by atoms with Gasteiger partial charge in [-0.05, 0) is 31.2 Å². The van der Waals surface area contributed by atoms with Crippen LogP contribution in [0.3, 0.4) is 0 Å². The van der Waals surface area contributed by atoms with Crippen LogP contribution in [-0.2, 0) is 19.4 Å². The van der Waals surface area contributed by atoms with Gasteiger partial charge in [-0.3, -0.25) is 14.2 Å². The summed E-state index contributed by atoms with van der Waals surface area (Å²) >= 11 is 1.63. The molecule has 1 aliphatic rings. The van der Waals surface area contributed by atoms with E-state index in [1.54, 1.807) is 28.4 Å². The van der Waals surface area contributed by atoms with Crippen LogP contribution in [0.2, 0.25) is 0 Å². The molecule has 6 nitrogen and oxygen atoms in total. The van der Waals surface area contributed by atoms with Gasteiger partial charge in [-0.1, -0.05) is 6.92 Å². The van der Waals surface area contributed by atoms with E-state index in [0.29, 0.717) is 18.1 Å². The van der Waals surface area contributed by atoms with E-state index in [4.69, 9.17) is 4.74 Å². The zero-order chi connectivity index (χ0) is 17.4. The van der Waals surface area contributed by atoms with Gasteiger partial charge in [0.2, 0.25) is 5.43 Å². The summed E-state index contributed by atoms with van der Waals surface area (Å²) < 4.78 is 6.95. The third-order valence-corrected chi connectivity index (χ3v) is 5.63. The Morgan fingerprint density at radius 1 is 1.36 bits per heavy atom. The number of nitrogens with one attached hydrogen (secondary N) is 1. The van der Waals surface area contributed by atoms with Crippen molar-refractivity contribution in [2.45, 2.75) is 39.2 Å². The molecule has 25 heavy (non-hydrogen) atoms. The summed E-state index contributed by atoms with van der Waals surface area (Å²) in [7, 11) is 0. The van der Waals surface area contributed by atoms with Crippen molar-refractivity contribution in [1.29, 1.82) is 0 Å². The molecule has 0 aromatic carbocycles. The van der Waals surface area contributed by atoms with Crippen molar-refractivity contribution in [2.75, 3.05) is 6.61 Å². The summed E-state index contributed by atoms with van der Waals surface area (Å²) in [5.74, 6) is 0.308. The first kappa shape index (κ1) is 16.1. The smallest absolute Gasteiger partial charge is 0.262 e. The number of fused-ring (bicyclic) bond motifs is 3. The summed E-state index contributed by atoms with van der Waals surface area (Å²) in [5.41, 5.74) is 1.62. The second-order valence-electron chi connectivity index (χ2n) is 6.25. The third kappa shape index (κ3) is 2.89. The molecule has 0 saturated carbocycles. The highest BCUT2D eigenvalue weighted by molar-refractivity contribution is 7.18. The van der Waals surface area contributed by atoms with Crippen molar-refractivity contribution >= 4 is 21.6 Å². The van der Waals surface area contributed by atoms with Crippen LogP contribution in [0, 0.1) is 0 Å². The number of nitrogens with zero attached hydrogens (tertiary/aromatic N) is 2. The molecule has 4 rings (SSSR count). The predicted molar refractivity (Wildman–Crippen MR) is 97.9 cm³/mol. The fraction of sp³-hybridized carbons (Fsp3) is 0.389. The molecule has 0 saturated heterocycles. The Hall–Kier alpha value is -2.41. The summed E-state index contributed by atoms with van der Waals surface area (Å²) in [6, 6.07) is 1.49. The lowest BCUT2D eigenvalue weighted by Gasteiger charge is -2.08. The molecule has 0 unspecified atom stereocenters. The second kappa shape index (κ2) is 6.48. The Labute approximate surface area is 148 Å². The van der Waals surface area contributed by atoms with Crippen LogP contribution in [-0.4, -0.2) is 21.1 Å². The average molecular weight is 357 g/mol. The zero-order valence-electron chi connectivity index (χ0n) is 14.0. The zero-order valence-corrected chi connectivity index (χ0v) is 14.8. The van der Waals surface area contributed by atoms with Crippen molar-refractivity contribution in [2.24, 2.45) is 0 Å². The lowest BCUT2D eigenvalue weighted by Crippen LogP contribution is -2.22. The van der Waals surface area contributed by atoms with E-state index in [0.717, 1.165) is 35.9 Å². The minimum Gasteiger partial charge on any atom is -0.488 e. The highest BCUT2D eigenvalue weighted by Crippen LogP contribution is 2.34. The number of aromatic nitrogens is 3. The molecule has 3 aromatic heterocycles. The van der Waals surface area contributed by atoms with Crippen molar-refractivity contribution < 1.29 is 4.74 Å². The number of hydrogen-bond donors (Lipinski definition) is 1. The van der Waals surface area contributed by atoms with Crippen molar-refractivity contribution in [3.05, 3.63) is 55.3 Å². The Morgan fingerprint density at radius 2 is 2.24 bits per heavy atom. The van der Waals surface area contributed by atoms with Gasteiger partial charge in [-0.2, -0.15) is 0 Å². The molecule has 0 amide bonds. The van der Waals surface area contributed by atoms with Gasteiger partial charge in [0.25, 0.3) is 5.56 Å². The highest BCUT2D eigenvalue weighted by Gasteiger charge is 2.21. The molecule has 0 spiro atoms. The van der Waals surface area contributed by atoms with Gasteiger partial charge in [0.15, 0.2) is 5.75 Å². The molecule has 1 N–H and O–H groups in total. The molecule has 3 heterocycles. The SMILES string of the molecule is CCCOc1c[nH]c(Cn2cnc3sc4c(c3c2=O)CCC4)cc1=O. The number of H-pyrrole nitrogens is 1. The minimum atomic E-state index is -0.180. The summed E-state index contributed by atoms with van der Waals surface area (Å²) in [6.07, 6.45) is 7.08. The maximum atomic E-state index is 12.9. The molecule has 0 radical (unpaired) electrons. The molecular formula is C18H19N3O3S. The van der Waals surface area contributed by atoms with Crippen molar-refractivity contribution in [3.8, 4) is 5.75 Å². The first-order chi connectivity index (χ1) is 12.2. The van der Waals surface area contributed by atoms with Crippen molar-refractivity contribution in [3.63, 3.8) is 0 Å². The lowest BCUT2D eigenvalue weighted by atomic mass is 10.2. The number of ether oxygens (including phenoxy) is 1. The van der Waals surface area contributed by atoms with Crippen LogP contribution in [0.5, 0.6) is 5.75 Å². The molecule has 0 atom stereocenters. The summed E-state index contributed by atoms with van der Waals surface area (Å²) in [5, 5.41) is 0.755. The maximum absolute atomic E-state index is 12.9. The predicted octanol–water partition coefficient (Wildman–Crippen LogP) is 2.47. The van der Waals surface area contributed by atoms with Gasteiger partial charge in [0.1, 0.15) is 4.83 Å². The molecule has 3 aromatic rings. The van der Waals surface area contributed by atoms with E-state index >= 15 is 0 Å². The number of aryl methyl sites for hydroxylation is 2. The van der Waals surface area contributed by atoms with Crippen molar-refractivity contribution in [1.82, 2.24) is 14.5 Å². The molecule has 7 heteroatoms. The van der Waals surface area contributed by atoms with E-state index in [1.165, 1.54) is 16.5 Å². The third-order valence-electron chi connectivity index (χ3n) is 4.43. The van der Waals surface area contributed by atoms with Gasteiger partial charge in [-0.15, -0.1) is 11.3 Å². The normalized spacial score (nSPS) is 13.3. The molecular weight excluding hydrogens is 338 g/mol. The quantitative estimate of drug-likeness (QED) is 0.761. The van der Waals surface area contributed by atoms with Crippen LogP contribution in [0.15, 0.2) is 28.2 Å². The Kier molecular flexibility index (Phi) is 4.17. The number of rotatable bonds is 5. The van der Waals surface area contributed by atoms with Crippen LogP contribution in [0.4, 0.5) is 0 Å². The Balaban J connectivity index is 1.67. The molecule has 0 aliphatic heterocycles. The minimum absolute atomic E-state index is 0.0310.